The summed E-state index contributed by atoms with van der Waals surface area (Å²) in [6, 6.07) is 7.16. The first kappa shape index (κ1) is 32.9. The number of carbonyl (C=O) groups excluding carboxylic acids is 1. The van der Waals surface area contributed by atoms with Crippen LogP contribution in [0.5, 0.6) is 0 Å². The molecule has 1 saturated heterocycles. The number of nitrogens with one attached hydrogen (secondary N) is 1. The number of benzene rings is 2. The summed E-state index contributed by atoms with van der Waals surface area (Å²) in [7, 11) is 5.55. The van der Waals surface area contributed by atoms with Gasteiger partial charge in [-0.3, -0.25) is 14.7 Å². The van der Waals surface area contributed by atoms with Crippen LogP contribution in [0.4, 0.5) is 24.5 Å². The molecule has 2 aromatic rings. The Labute approximate surface area is 249 Å². The fraction of sp³-hybridized carbons (Fsp3) is 0.379. The van der Waals surface area contributed by atoms with E-state index in [9.17, 15) is 18.0 Å². The number of likely N-dealkylation sites (N-methyl/N-ethyl adjacent to an activating group) is 1. The second-order valence-electron chi connectivity index (χ2n) is 10.4. The van der Waals surface area contributed by atoms with Crippen LogP contribution in [0.2, 0.25) is 5.02 Å². The molecule has 1 heterocycles. The fourth-order valence-corrected chi connectivity index (χ4v) is 4.62. The van der Waals surface area contributed by atoms with E-state index >= 15 is 0 Å². The maximum atomic E-state index is 13.9. The first-order valence-corrected chi connectivity index (χ1v) is 13.7. The van der Waals surface area contributed by atoms with Gasteiger partial charge in [-0.25, -0.2) is 5.84 Å². The minimum absolute atomic E-state index is 0.00498. The van der Waals surface area contributed by atoms with Crippen molar-refractivity contribution in [2.75, 3.05) is 57.6 Å². The predicted molar refractivity (Wildman–Crippen MR) is 163 cm³/mol. The van der Waals surface area contributed by atoms with Gasteiger partial charge in [-0.15, -0.1) is 0 Å². The molecule has 13 heteroatoms. The van der Waals surface area contributed by atoms with Gasteiger partial charge in [-0.05, 0) is 56.3 Å². The Balaban J connectivity index is 1.88. The van der Waals surface area contributed by atoms with Crippen molar-refractivity contribution in [3.8, 4) is 0 Å². The highest BCUT2D eigenvalue weighted by atomic mass is 35.5. The van der Waals surface area contributed by atoms with Gasteiger partial charge in [0.1, 0.15) is 0 Å². The summed E-state index contributed by atoms with van der Waals surface area (Å²) in [4.78, 5) is 17.4. The molecule has 0 bridgehead atoms. The third-order valence-electron chi connectivity index (χ3n) is 6.80. The maximum Gasteiger partial charge on any atom is 0.417 e. The Morgan fingerprint density at radius 3 is 2.43 bits per heavy atom. The van der Waals surface area contributed by atoms with Crippen molar-refractivity contribution in [3.05, 3.63) is 81.2 Å². The van der Waals surface area contributed by atoms with Crippen LogP contribution < -0.4 is 21.9 Å². The van der Waals surface area contributed by atoms with Crippen molar-refractivity contribution in [1.82, 2.24) is 14.8 Å². The van der Waals surface area contributed by atoms with Crippen molar-refractivity contribution >= 4 is 35.1 Å². The molecule has 0 unspecified atom stereocenters. The highest BCUT2D eigenvalue weighted by Crippen LogP contribution is 2.39. The van der Waals surface area contributed by atoms with E-state index in [4.69, 9.17) is 23.2 Å². The second kappa shape index (κ2) is 14.1. The number of amides is 1. The lowest BCUT2D eigenvalue weighted by Crippen LogP contribution is -2.43. The minimum atomic E-state index is -4.69. The Morgan fingerprint density at radius 1 is 1.17 bits per heavy atom. The van der Waals surface area contributed by atoms with E-state index in [0.29, 0.717) is 35.6 Å². The van der Waals surface area contributed by atoms with E-state index in [1.165, 1.54) is 17.3 Å². The number of alkyl halides is 3. The molecule has 1 aliphatic rings. The number of rotatable bonds is 9. The van der Waals surface area contributed by atoms with E-state index in [-0.39, 0.29) is 22.8 Å². The molecule has 0 aliphatic carbocycles. The summed E-state index contributed by atoms with van der Waals surface area (Å²) in [6.45, 7) is 6.85. The van der Waals surface area contributed by atoms with Crippen LogP contribution in [0.1, 0.15) is 34.0 Å². The Kier molecular flexibility index (Phi) is 11.0. The molecular weight excluding hydrogens is 569 g/mol. The third kappa shape index (κ3) is 8.71. The van der Waals surface area contributed by atoms with Crippen LogP contribution in [0.3, 0.4) is 0 Å². The van der Waals surface area contributed by atoms with Gasteiger partial charge in [-0.1, -0.05) is 23.7 Å². The molecule has 3 rings (SSSR count). The van der Waals surface area contributed by atoms with Crippen LogP contribution in [0, 0.1) is 6.92 Å². The Hall–Kier alpha value is -3.58. The lowest BCUT2D eigenvalue weighted by molar-refractivity contribution is -0.137. The first-order valence-electron chi connectivity index (χ1n) is 13.3. The van der Waals surface area contributed by atoms with Crippen LogP contribution >= 0.6 is 11.6 Å². The number of hydrogen-bond donors (Lipinski definition) is 3. The maximum absolute atomic E-state index is 13.9. The van der Waals surface area contributed by atoms with E-state index < -0.39 is 17.6 Å². The lowest BCUT2D eigenvalue weighted by Gasteiger charge is -2.32. The first-order chi connectivity index (χ1) is 19.7. The minimum Gasteiger partial charge on any atom is -0.397 e. The zero-order valence-electron chi connectivity index (χ0n) is 24.5. The number of nitrogens with two attached hydrogens (primary N) is 2. The summed E-state index contributed by atoms with van der Waals surface area (Å²) >= 11 is 6.23. The van der Waals surface area contributed by atoms with Crippen molar-refractivity contribution in [2.45, 2.75) is 26.6 Å². The van der Waals surface area contributed by atoms with Crippen molar-refractivity contribution in [2.24, 2.45) is 16.7 Å². The zero-order valence-corrected chi connectivity index (χ0v) is 25.2. The van der Waals surface area contributed by atoms with Crippen LogP contribution in [-0.2, 0) is 12.7 Å². The normalized spacial score (nSPS) is 15.8. The van der Waals surface area contributed by atoms with Gasteiger partial charge in [0.05, 0.1) is 28.2 Å². The monoisotopic (exact) mass is 606 g/mol. The summed E-state index contributed by atoms with van der Waals surface area (Å²) < 4.78 is 41.7. The number of piperazine rings is 1. The Morgan fingerprint density at radius 2 is 1.83 bits per heavy atom. The molecule has 42 heavy (non-hydrogen) atoms. The average Bonchev–Trinajstić information content (AvgIpc) is 2.91. The molecule has 0 spiro atoms. The molecule has 228 valence electrons. The summed E-state index contributed by atoms with van der Waals surface area (Å²) in [5.41, 5.74) is 7.93. The molecular formula is C29H38ClF3N8O. The van der Waals surface area contributed by atoms with Gasteiger partial charge < -0.3 is 21.0 Å². The number of hydrogen-bond acceptors (Lipinski definition) is 8. The molecule has 1 aliphatic heterocycles. The topological polar surface area (TPSA) is 106 Å². The quantitative estimate of drug-likeness (QED) is 0.165. The number of hydrazine groups is 1. The number of nitrogens with zero attached hydrogens (tertiary/aromatic N) is 5. The number of hydrazone groups is 1. The number of carbonyl (C=O) groups is 1. The second-order valence-corrected chi connectivity index (χ2v) is 10.7. The molecule has 0 atom stereocenters. The van der Waals surface area contributed by atoms with E-state index in [2.05, 4.69) is 15.3 Å². The van der Waals surface area contributed by atoms with E-state index in [1.54, 1.807) is 49.6 Å². The molecule has 1 amide bonds. The average molecular weight is 607 g/mol. The summed E-state index contributed by atoms with van der Waals surface area (Å²) in [6.07, 6.45) is 0.181. The van der Waals surface area contributed by atoms with E-state index in [0.717, 1.165) is 24.7 Å². The number of aryl methyl sites for hydroxylation is 1. The van der Waals surface area contributed by atoms with Gasteiger partial charge in [0.2, 0.25) is 0 Å². The predicted octanol–water partition coefficient (Wildman–Crippen LogP) is 4.64. The third-order valence-corrected chi connectivity index (χ3v) is 7.25. The highest BCUT2D eigenvalue weighted by Gasteiger charge is 2.35. The van der Waals surface area contributed by atoms with Gasteiger partial charge in [0.15, 0.2) is 0 Å². The van der Waals surface area contributed by atoms with Crippen molar-refractivity contribution in [3.63, 3.8) is 0 Å². The van der Waals surface area contributed by atoms with Gasteiger partial charge in [0.25, 0.3) is 5.91 Å². The molecule has 0 saturated carbocycles. The standard InChI is InChI=1S/C29H38ClF3N8O/c1-6-20(16-36-38(3)4)25(34)18-41(35)26-14-21(8-7-19(26)2)28(42)37-23-13-22(17-40-11-9-39(5)10-12-40)27(30)24(15-23)29(31,32)33/h6-8,13-16,18H,9-12,17,34-35H2,1-5H3,(H,37,42)/b20-6-,25-18-,36-16-. The molecule has 1 fully saturated rings. The Bertz CT molecular complexity index is 1370. The van der Waals surface area contributed by atoms with Crippen molar-refractivity contribution in [1.29, 1.82) is 0 Å². The van der Waals surface area contributed by atoms with Gasteiger partial charge in [0, 0.05) is 69.8 Å². The molecule has 5 N–H and O–H groups in total. The van der Waals surface area contributed by atoms with Gasteiger partial charge in [-0.2, -0.15) is 18.3 Å². The largest absolute Gasteiger partial charge is 0.417 e. The summed E-state index contributed by atoms with van der Waals surface area (Å²) in [5, 5.41) is 9.33. The molecule has 9 nitrogen and oxygen atoms in total. The smallest absolute Gasteiger partial charge is 0.397 e. The number of anilines is 2. The van der Waals surface area contributed by atoms with Crippen molar-refractivity contribution < 1.29 is 18.0 Å². The van der Waals surface area contributed by atoms with Crippen LogP contribution in [0.15, 0.2) is 59.0 Å². The van der Waals surface area contributed by atoms with Crippen LogP contribution in [0.25, 0.3) is 0 Å². The number of allylic oxidation sites excluding steroid dienone is 2. The zero-order chi connectivity index (χ0) is 31.2. The SMILES string of the molecule is C/C=C(/C=N\N(C)C)C(\N)=C\N(N)c1cc(C(=O)Nc2cc(CN3CCN(C)CC3)c(Cl)c(C(F)(F)F)c2)ccc1C. The lowest BCUT2D eigenvalue weighted by atomic mass is 10.1. The molecule has 2 aromatic carbocycles. The fourth-order valence-electron chi connectivity index (χ4n) is 4.34. The molecule has 0 aromatic heterocycles. The summed E-state index contributed by atoms with van der Waals surface area (Å²) in [5.74, 6) is 5.68. The van der Waals surface area contributed by atoms with Crippen LogP contribution in [-0.4, -0.2) is 74.3 Å². The highest BCUT2D eigenvalue weighted by molar-refractivity contribution is 6.32. The number of halogens is 4. The van der Waals surface area contributed by atoms with Gasteiger partial charge >= 0.3 is 6.18 Å². The van der Waals surface area contributed by atoms with E-state index in [1.807, 2.05) is 25.8 Å². The molecule has 0 radical (unpaired) electrons.